The number of hydrogen-bond acceptors (Lipinski definition) is 8. The number of carbonyl (C=O) groups excluding carboxylic acids is 4. The number of alkyl halides is 3. The zero-order valence-corrected chi connectivity index (χ0v) is 18.2. The van der Waals surface area contributed by atoms with Crippen LogP contribution in [0.5, 0.6) is 0 Å². The lowest BCUT2D eigenvalue weighted by Gasteiger charge is -2.23. The quantitative estimate of drug-likeness (QED) is 0.333. The molecular formula is C20H17F3N4O9. The molecule has 192 valence electrons. The summed E-state index contributed by atoms with van der Waals surface area (Å²) in [5.74, 6) is -6.64. The highest BCUT2D eigenvalue weighted by atomic mass is 19.4. The van der Waals surface area contributed by atoms with Crippen LogP contribution in [0.2, 0.25) is 0 Å². The first-order valence-electron chi connectivity index (χ1n) is 9.69. The number of amides is 3. The second-order valence-corrected chi connectivity index (χ2v) is 6.95. The fraction of sp³-hybridized carbons (Fsp3) is 0.250. The Kier molecular flexibility index (Phi) is 8.48. The lowest BCUT2D eigenvalue weighted by atomic mass is 10.1. The van der Waals surface area contributed by atoms with Gasteiger partial charge in [0.15, 0.2) is 5.69 Å². The van der Waals surface area contributed by atoms with Gasteiger partial charge in [-0.3, -0.25) is 19.7 Å². The van der Waals surface area contributed by atoms with E-state index >= 15 is 0 Å². The third kappa shape index (κ3) is 6.64. The van der Waals surface area contributed by atoms with Gasteiger partial charge in [-0.2, -0.15) is 13.2 Å². The number of methoxy groups -OCH3 is 1. The Labute approximate surface area is 198 Å². The molecule has 4 N–H and O–H groups in total. The predicted molar refractivity (Wildman–Crippen MR) is 110 cm³/mol. The zero-order chi connectivity index (χ0) is 27.2. The van der Waals surface area contributed by atoms with E-state index in [1.165, 1.54) is 35.2 Å². The van der Waals surface area contributed by atoms with Crippen LogP contribution in [0.4, 0.5) is 19.0 Å². The van der Waals surface area contributed by atoms with Gasteiger partial charge < -0.3 is 24.8 Å². The van der Waals surface area contributed by atoms with E-state index < -0.39 is 47.8 Å². The normalized spacial score (nSPS) is 15.2. The number of piperidine rings is 1. The number of carboxylic acids is 2. The van der Waals surface area contributed by atoms with Gasteiger partial charge in [-0.25, -0.2) is 19.4 Å². The second-order valence-electron chi connectivity index (χ2n) is 6.95. The van der Waals surface area contributed by atoms with Crippen LogP contribution in [0.1, 0.15) is 50.1 Å². The third-order valence-corrected chi connectivity index (χ3v) is 4.56. The molecule has 1 aliphatic rings. The summed E-state index contributed by atoms with van der Waals surface area (Å²) in [6.45, 7) is 0. The number of ether oxygens (including phenoxy) is 1. The highest BCUT2D eigenvalue weighted by Crippen LogP contribution is 2.26. The monoisotopic (exact) mass is 514 g/mol. The zero-order valence-electron chi connectivity index (χ0n) is 18.2. The van der Waals surface area contributed by atoms with E-state index in [0.717, 1.165) is 7.11 Å². The fourth-order valence-corrected chi connectivity index (χ4v) is 2.89. The maximum atomic E-state index is 12.7. The van der Waals surface area contributed by atoms with Crippen LogP contribution in [-0.2, 0) is 19.1 Å². The van der Waals surface area contributed by atoms with Crippen LogP contribution in [-0.4, -0.2) is 68.7 Å². The average molecular weight is 514 g/mol. The standard InChI is InChI=1S/C18H16N4O7.C2HF3O2/c1-29-18(28)13-14(21-15(24)9-3-2-4-10(7-9)17(26)27)22(8-19-13)11-5-6-12(23)20-16(11)25;3-2(4,5)1(6)7/h2-4,7-8,11H,5-6H2,1H3,(H,21,24)(H,26,27)(H,20,23,25);(H,6,7). The number of aromatic carboxylic acids is 1. The lowest BCUT2D eigenvalue weighted by Crippen LogP contribution is -2.42. The van der Waals surface area contributed by atoms with Gasteiger partial charge in [-0.15, -0.1) is 0 Å². The molecule has 0 bridgehead atoms. The maximum Gasteiger partial charge on any atom is 0.490 e. The number of imidazole rings is 1. The molecule has 0 aliphatic carbocycles. The minimum atomic E-state index is -5.08. The first-order valence-corrected chi connectivity index (χ1v) is 9.69. The summed E-state index contributed by atoms with van der Waals surface area (Å²) < 4.78 is 37.7. The van der Waals surface area contributed by atoms with E-state index in [0.29, 0.717) is 0 Å². The Hall–Kier alpha value is -4.76. The number of hydrogen-bond donors (Lipinski definition) is 4. The van der Waals surface area contributed by atoms with E-state index in [-0.39, 0.29) is 35.5 Å². The van der Waals surface area contributed by atoms with Gasteiger partial charge in [0.1, 0.15) is 11.9 Å². The molecule has 1 aromatic carbocycles. The van der Waals surface area contributed by atoms with Gasteiger partial charge in [-0.05, 0) is 24.6 Å². The van der Waals surface area contributed by atoms with Crippen molar-refractivity contribution in [2.75, 3.05) is 12.4 Å². The number of anilines is 1. The van der Waals surface area contributed by atoms with Crippen molar-refractivity contribution in [3.8, 4) is 0 Å². The highest BCUT2D eigenvalue weighted by Gasteiger charge is 2.38. The number of carboxylic acid groups (broad SMARTS) is 2. The number of rotatable bonds is 5. The Balaban J connectivity index is 0.000000572. The van der Waals surface area contributed by atoms with Crippen molar-refractivity contribution in [1.82, 2.24) is 14.9 Å². The number of imide groups is 1. The van der Waals surface area contributed by atoms with Gasteiger partial charge in [0, 0.05) is 12.0 Å². The molecule has 0 radical (unpaired) electrons. The van der Waals surface area contributed by atoms with E-state index in [1.807, 2.05) is 0 Å². The first kappa shape index (κ1) is 27.5. The smallest absolute Gasteiger partial charge is 0.478 e. The molecule has 1 aromatic heterocycles. The first-order chi connectivity index (χ1) is 16.8. The molecule has 16 heteroatoms. The number of esters is 1. The largest absolute Gasteiger partial charge is 0.490 e. The topological polar surface area (TPSA) is 194 Å². The highest BCUT2D eigenvalue weighted by molar-refractivity contribution is 6.08. The van der Waals surface area contributed by atoms with Crippen LogP contribution in [0.15, 0.2) is 30.6 Å². The van der Waals surface area contributed by atoms with Crippen LogP contribution in [0.25, 0.3) is 0 Å². The van der Waals surface area contributed by atoms with Crippen molar-refractivity contribution in [2.24, 2.45) is 0 Å². The average Bonchev–Trinajstić information content (AvgIpc) is 3.21. The van der Waals surface area contributed by atoms with E-state index in [1.54, 1.807) is 0 Å². The maximum absolute atomic E-state index is 12.7. The van der Waals surface area contributed by atoms with Gasteiger partial charge >= 0.3 is 24.1 Å². The summed E-state index contributed by atoms with van der Waals surface area (Å²) in [6.07, 6.45) is -3.66. The predicted octanol–water partition coefficient (Wildman–Crippen LogP) is 1.23. The van der Waals surface area contributed by atoms with Crippen LogP contribution in [0, 0.1) is 0 Å². The molecule has 1 aliphatic heterocycles. The van der Waals surface area contributed by atoms with E-state index in [9.17, 15) is 37.1 Å². The van der Waals surface area contributed by atoms with E-state index in [4.69, 9.17) is 15.0 Å². The number of nitrogens with one attached hydrogen (secondary N) is 2. The second kappa shape index (κ2) is 11.1. The molecule has 1 atom stereocenters. The van der Waals surface area contributed by atoms with Gasteiger partial charge in [0.05, 0.1) is 19.0 Å². The molecule has 36 heavy (non-hydrogen) atoms. The molecule has 2 heterocycles. The number of nitrogens with zero attached hydrogens (tertiary/aromatic N) is 2. The summed E-state index contributed by atoms with van der Waals surface area (Å²) in [6, 6.07) is 4.41. The molecule has 3 rings (SSSR count). The van der Waals surface area contributed by atoms with Crippen molar-refractivity contribution < 1.29 is 56.9 Å². The SMILES string of the molecule is COC(=O)c1ncn(C2CCC(=O)NC2=O)c1NC(=O)c1cccc(C(=O)O)c1.O=C(O)C(F)(F)F. The minimum absolute atomic E-state index is 0.0248. The van der Waals surface area contributed by atoms with Gasteiger partial charge in [0.25, 0.3) is 5.91 Å². The van der Waals surface area contributed by atoms with Crippen molar-refractivity contribution in [2.45, 2.75) is 25.1 Å². The van der Waals surface area contributed by atoms with Crippen molar-refractivity contribution in [3.63, 3.8) is 0 Å². The Morgan fingerprint density at radius 3 is 2.31 bits per heavy atom. The molecular weight excluding hydrogens is 497 g/mol. The minimum Gasteiger partial charge on any atom is -0.478 e. The molecule has 2 aromatic rings. The lowest BCUT2D eigenvalue weighted by molar-refractivity contribution is -0.192. The molecule has 0 spiro atoms. The van der Waals surface area contributed by atoms with Crippen molar-refractivity contribution >= 4 is 41.4 Å². The van der Waals surface area contributed by atoms with Crippen molar-refractivity contribution in [1.29, 1.82) is 0 Å². The Morgan fingerprint density at radius 1 is 1.17 bits per heavy atom. The van der Waals surface area contributed by atoms with Crippen LogP contribution in [0.3, 0.4) is 0 Å². The number of halogens is 3. The van der Waals surface area contributed by atoms with Crippen LogP contribution < -0.4 is 10.6 Å². The molecule has 1 unspecified atom stereocenters. The number of aliphatic carboxylic acids is 1. The summed E-state index contributed by atoms with van der Waals surface area (Å²) >= 11 is 0. The van der Waals surface area contributed by atoms with Crippen molar-refractivity contribution in [3.05, 3.63) is 47.4 Å². The molecule has 0 saturated carbocycles. The van der Waals surface area contributed by atoms with Gasteiger partial charge in [-0.1, -0.05) is 6.07 Å². The molecule has 1 fully saturated rings. The molecule has 1 saturated heterocycles. The van der Waals surface area contributed by atoms with E-state index in [2.05, 4.69) is 20.4 Å². The fourth-order valence-electron chi connectivity index (χ4n) is 2.89. The number of aromatic nitrogens is 2. The third-order valence-electron chi connectivity index (χ3n) is 4.56. The Bertz CT molecular complexity index is 1220. The molecule has 3 amide bonds. The summed E-state index contributed by atoms with van der Waals surface area (Å²) in [5.41, 5.74) is -0.304. The van der Waals surface area contributed by atoms with Crippen LogP contribution >= 0.6 is 0 Å². The summed E-state index contributed by atoms with van der Waals surface area (Å²) in [7, 11) is 1.13. The molecule has 13 nitrogen and oxygen atoms in total. The Morgan fingerprint density at radius 2 is 1.78 bits per heavy atom. The summed E-state index contributed by atoms with van der Waals surface area (Å²) in [5, 5.41) is 20.9. The number of benzene rings is 1. The summed E-state index contributed by atoms with van der Waals surface area (Å²) in [4.78, 5) is 72.3. The van der Waals surface area contributed by atoms with Gasteiger partial charge in [0.2, 0.25) is 11.8 Å². The number of carbonyl (C=O) groups is 6.